The van der Waals surface area contributed by atoms with E-state index in [2.05, 4.69) is 5.10 Å². The zero-order valence-corrected chi connectivity index (χ0v) is 10.6. The smallest absolute Gasteiger partial charge is 0.0933 e. The lowest BCUT2D eigenvalue weighted by Gasteiger charge is -2.41. The summed E-state index contributed by atoms with van der Waals surface area (Å²) in [7, 11) is 1.91. The van der Waals surface area contributed by atoms with E-state index in [-0.39, 0.29) is 11.6 Å². The molecule has 5 nitrogen and oxygen atoms in total. The molecular formula is C12H21N3O2. The third-order valence-corrected chi connectivity index (χ3v) is 3.52. The fraction of sp³-hybridized carbons (Fsp3) is 0.750. The van der Waals surface area contributed by atoms with Crippen LogP contribution in [-0.2, 0) is 16.5 Å². The van der Waals surface area contributed by atoms with Gasteiger partial charge >= 0.3 is 0 Å². The van der Waals surface area contributed by atoms with Gasteiger partial charge in [0.05, 0.1) is 17.3 Å². The Morgan fingerprint density at radius 1 is 1.59 bits per heavy atom. The van der Waals surface area contributed by atoms with E-state index in [0.717, 1.165) is 18.5 Å². The van der Waals surface area contributed by atoms with Gasteiger partial charge < -0.3 is 15.2 Å². The highest BCUT2D eigenvalue weighted by atomic mass is 16.5. The minimum Gasteiger partial charge on any atom is -0.381 e. The quantitative estimate of drug-likeness (QED) is 0.851. The Hall–Kier alpha value is -0.910. The minimum absolute atomic E-state index is 0.154. The molecule has 1 fully saturated rings. The molecule has 0 saturated carbocycles. The second-order valence-electron chi connectivity index (χ2n) is 4.47. The monoisotopic (exact) mass is 239 g/mol. The van der Waals surface area contributed by atoms with Gasteiger partial charge in [-0.05, 0) is 13.0 Å². The van der Waals surface area contributed by atoms with E-state index in [1.807, 2.05) is 24.7 Å². The van der Waals surface area contributed by atoms with Crippen molar-refractivity contribution < 1.29 is 9.47 Å². The van der Waals surface area contributed by atoms with Crippen LogP contribution in [0.15, 0.2) is 12.3 Å². The molecule has 1 aromatic heterocycles. The van der Waals surface area contributed by atoms with Crippen molar-refractivity contribution in [3.8, 4) is 0 Å². The van der Waals surface area contributed by atoms with E-state index in [0.29, 0.717) is 19.8 Å². The Morgan fingerprint density at radius 2 is 2.29 bits per heavy atom. The van der Waals surface area contributed by atoms with Crippen LogP contribution in [0.4, 0.5) is 0 Å². The maximum atomic E-state index is 6.39. The van der Waals surface area contributed by atoms with Crippen molar-refractivity contribution in [2.75, 3.05) is 19.8 Å². The van der Waals surface area contributed by atoms with Crippen LogP contribution in [0.1, 0.15) is 31.5 Å². The number of hydrogen-bond donors (Lipinski definition) is 1. The molecule has 0 bridgehead atoms. The summed E-state index contributed by atoms with van der Waals surface area (Å²) in [4.78, 5) is 0. The zero-order chi connectivity index (χ0) is 12.3. The van der Waals surface area contributed by atoms with E-state index in [4.69, 9.17) is 15.2 Å². The molecule has 0 radical (unpaired) electrons. The molecule has 1 aliphatic rings. The number of hydrogen-bond acceptors (Lipinski definition) is 4. The van der Waals surface area contributed by atoms with E-state index < -0.39 is 0 Å². The molecule has 1 aromatic rings. The molecule has 2 N–H and O–H groups in total. The van der Waals surface area contributed by atoms with Crippen LogP contribution in [0.3, 0.4) is 0 Å². The summed E-state index contributed by atoms with van der Waals surface area (Å²) in [5, 5.41) is 4.17. The first-order valence-corrected chi connectivity index (χ1v) is 6.15. The Balaban J connectivity index is 2.23. The van der Waals surface area contributed by atoms with Crippen LogP contribution in [0.5, 0.6) is 0 Å². The Kier molecular flexibility index (Phi) is 3.81. The lowest BCUT2D eigenvalue weighted by atomic mass is 9.84. The predicted octanol–water partition coefficient (Wildman–Crippen LogP) is 1.01. The highest BCUT2D eigenvalue weighted by Crippen LogP contribution is 2.35. The molecular weight excluding hydrogens is 218 g/mol. The number of ether oxygens (including phenoxy) is 2. The highest BCUT2D eigenvalue weighted by molar-refractivity contribution is 5.13. The number of nitrogens with zero attached hydrogens (tertiary/aromatic N) is 2. The van der Waals surface area contributed by atoms with Crippen LogP contribution in [0.2, 0.25) is 0 Å². The fourth-order valence-electron chi connectivity index (χ4n) is 2.51. The standard InChI is InChI=1S/C12H21N3O2/c1-3-17-12(5-8-16-9-6-12)11(13)10-4-7-14-15(10)2/h4,7,11H,3,5-6,8-9,13H2,1-2H3. The maximum absolute atomic E-state index is 6.39. The van der Waals surface area contributed by atoms with Gasteiger partial charge in [-0.15, -0.1) is 0 Å². The number of aromatic nitrogens is 2. The molecule has 1 aliphatic heterocycles. The van der Waals surface area contributed by atoms with Crippen LogP contribution in [0.25, 0.3) is 0 Å². The molecule has 96 valence electrons. The van der Waals surface area contributed by atoms with Gasteiger partial charge in [0, 0.05) is 45.9 Å². The van der Waals surface area contributed by atoms with Crippen LogP contribution >= 0.6 is 0 Å². The lowest BCUT2D eigenvalue weighted by Crippen LogP contribution is -2.48. The largest absolute Gasteiger partial charge is 0.381 e. The average Bonchev–Trinajstić information content (AvgIpc) is 2.76. The van der Waals surface area contributed by atoms with Crippen LogP contribution in [-0.4, -0.2) is 35.2 Å². The summed E-state index contributed by atoms with van der Waals surface area (Å²) in [5.74, 6) is 0. The first-order chi connectivity index (χ1) is 8.19. The number of nitrogens with two attached hydrogens (primary N) is 1. The van der Waals surface area contributed by atoms with Gasteiger partial charge in [0.15, 0.2) is 0 Å². The van der Waals surface area contributed by atoms with Crippen molar-refractivity contribution in [3.05, 3.63) is 18.0 Å². The third kappa shape index (κ3) is 2.36. The molecule has 1 unspecified atom stereocenters. The van der Waals surface area contributed by atoms with Gasteiger partial charge in [-0.2, -0.15) is 5.10 Å². The SMILES string of the molecule is CCOC1(C(N)c2ccnn2C)CCOCC1. The molecule has 2 rings (SSSR count). The molecule has 1 saturated heterocycles. The predicted molar refractivity (Wildman–Crippen MR) is 64.5 cm³/mol. The van der Waals surface area contributed by atoms with Gasteiger partial charge in [-0.25, -0.2) is 0 Å². The highest BCUT2D eigenvalue weighted by Gasteiger charge is 2.41. The van der Waals surface area contributed by atoms with Gasteiger partial charge in [0.2, 0.25) is 0 Å². The summed E-state index contributed by atoms with van der Waals surface area (Å²) in [6.45, 7) is 4.11. The molecule has 0 spiro atoms. The van der Waals surface area contributed by atoms with Crippen molar-refractivity contribution in [2.45, 2.75) is 31.4 Å². The normalized spacial score (nSPS) is 21.4. The second-order valence-corrected chi connectivity index (χ2v) is 4.47. The van der Waals surface area contributed by atoms with E-state index in [9.17, 15) is 0 Å². The van der Waals surface area contributed by atoms with E-state index in [1.54, 1.807) is 6.20 Å². The van der Waals surface area contributed by atoms with Crippen LogP contribution in [0, 0.1) is 0 Å². The summed E-state index contributed by atoms with van der Waals surface area (Å²) in [5.41, 5.74) is 7.10. The third-order valence-electron chi connectivity index (χ3n) is 3.52. The first kappa shape index (κ1) is 12.5. The topological polar surface area (TPSA) is 62.3 Å². The van der Waals surface area contributed by atoms with Crippen molar-refractivity contribution >= 4 is 0 Å². The zero-order valence-electron chi connectivity index (χ0n) is 10.6. The molecule has 1 atom stereocenters. The summed E-state index contributed by atoms with van der Waals surface area (Å²) < 4.78 is 13.2. The second kappa shape index (κ2) is 5.16. The summed E-state index contributed by atoms with van der Waals surface area (Å²) in [6, 6.07) is 1.81. The van der Waals surface area contributed by atoms with Crippen molar-refractivity contribution in [2.24, 2.45) is 12.8 Å². The van der Waals surface area contributed by atoms with Crippen molar-refractivity contribution in [1.29, 1.82) is 0 Å². The van der Waals surface area contributed by atoms with Gasteiger partial charge in [-0.3, -0.25) is 4.68 Å². The van der Waals surface area contributed by atoms with Gasteiger partial charge in [0.1, 0.15) is 0 Å². The molecule has 2 heterocycles. The molecule has 0 aromatic carbocycles. The van der Waals surface area contributed by atoms with Crippen molar-refractivity contribution in [1.82, 2.24) is 9.78 Å². The summed E-state index contributed by atoms with van der Waals surface area (Å²) >= 11 is 0. The van der Waals surface area contributed by atoms with Gasteiger partial charge in [0.25, 0.3) is 0 Å². The fourth-order valence-corrected chi connectivity index (χ4v) is 2.51. The molecule has 5 heteroatoms. The van der Waals surface area contributed by atoms with E-state index >= 15 is 0 Å². The number of aryl methyl sites for hydroxylation is 1. The Labute approximate surface area is 102 Å². The maximum Gasteiger partial charge on any atom is 0.0933 e. The Morgan fingerprint density at radius 3 is 2.82 bits per heavy atom. The molecule has 0 amide bonds. The average molecular weight is 239 g/mol. The minimum atomic E-state index is -0.305. The van der Waals surface area contributed by atoms with Gasteiger partial charge in [-0.1, -0.05) is 0 Å². The first-order valence-electron chi connectivity index (χ1n) is 6.15. The van der Waals surface area contributed by atoms with E-state index in [1.165, 1.54) is 0 Å². The number of rotatable bonds is 4. The lowest BCUT2D eigenvalue weighted by molar-refractivity contribution is -0.122. The molecule has 0 aliphatic carbocycles. The summed E-state index contributed by atoms with van der Waals surface area (Å²) in [6.07, 6.45) is 3.45. The Bertz CT molecular complexity index is 353. The molecule has 17 heavy (non-hydrogen) atoms. The van der Waals surface area contributed by atoms with Crippen molar-refractivity contribution in [3.63, 3.8) is 0 Å². The van der Waals surface area contributed by atoms with Crippen LogP contribution < -0.4 is 5.73 Å².